The maximum atomic E-state index is 14.0. The van der Waals surface area contributed by atoms with Crippen LogP contribution in [-0.4, -0.2) is 48.8 Å². The molecule has 0 radical (unpaired) electrons. The van der Waals surface area contributed by atoms with E-state index in [-0.39, 0.29) is 23.9 Å². The van der Waals surface area contributed by atoms with Crippen LogP contribution in [0.4, 0.5) is 11.4 Å². The highest BCUT2D eigenvalue weighted by Gasteiger charge is 2.60. The van der Waals surface area contributed by atoms with Gasteiger partial charge in [0, 0.05) is 26.2 Å². The van der Waals surface area contributed by atoms with Crippen LogP contribution in [0.1, 0.15) is 36.7 Å². The molecule has 8 nitrogen and oxygen atoms in total. The predicted octanol–water partition coefficient (Wildman–Crippen LogP) is 3.98. The van der Waals surface area contributed by atoms with Gasteiger partial charge in [0.15, 0.2) is 11.6 Å². The van der Waals surface area contributed by atoms with Gasteiger partial charge in [-0.15, -0.1) is 0 Å². The lowest BCUT2D eigenvalue weighted by molar-refractivity contribution is -0.159. The zero-order chi connectivity index (χ0) is 24.5. The molecule has 2 atom stereocenters. The Hall–Kier alpha value is -2.43. The molecule has 1 aliphatic heterocycles. The summed E-state index contributed by atoms with van der Waals surface area (Å²) in [7, 11) is 1.24. The number of benzene rings is 2. The number of nitrogens with one attached hydrogen (secondary N) is 1. The normalized spacial score (nSPS) is 18.2. The molecule has 1 amide bonds. The molecule has 0 unspecified atom stereocenters. The van der Waals surface area contributed by atoms with E-state index in [1.165, 1.54) is 18.1 Å². The molecule has 2 N–H and O–H groups in total. The van der Waals surface area contributed by atoms with Crippen LogP contribution in [0.25, 0.3) is 0 Å². The predicted molar refractivity (Wildman–Crippen MR) is 130 cm³/mol. The van der Waals surface area contributed by atoms with E-state index < -0.39 is 29.5 Å². The van der Waals surface area contributed by atoms with Gasteiger partial charge in [0.2, 0.25) is 0 Å². The van der Waals surface area contributed by atoms with Crippen molar-refractivity contribution in [2.75, 3.05) is 23.9 Å². The number of ether oxygens (including phenoxy) is 2. The van der Waals surface area contributed by atoms with Crippen molar-refractivity contribution in [1.29, 1.82) is 0 Å². The van der Waals surface area contributed by atoms with E-state index in [1.807, 2.05) is 13.8 Å². The number of esters is 2. The summed E-state index contributed by atoms with van der Waals surface area (Å²) in [4.78, 5) is 40.8. The summed E-state index contributed by atoms with van der Waals surface area (Å²) in [5, 5.41) is 14.3. The summed E-state index contributed by atoms with van der Waals surface area (Å²) in [6.07, 6.45) is -1.91. The standard InChI is InChI=1S/C23H24Br2N2O6/c1-5-33-21(30)19(28)23(26-17-10-9-13(24)11-14(17)20(29)32-4)15-7-6-8-16(25)18(15)27(12(2)3)22(23)31/h6-12,19,26,28H,5H2,1-4H3/t19-,23+/m1/s1. The number of amides is 1. The molecule has 1 heterocycles. The average molecular weight is 584 g/mol. The Morgan fingerprint density at radius 3 is 2.52 bits per heavy atom. The number of hydrogen-bond donors (Lipinski definition) is 2. The lowest BCUT2D eigenvalue weighted by Gasteiger charge is -2.35. The quantitative estimate of drug-likeness (QED) is 0.475. The number of fused-ring (bicyclic) bond motifs is 1. The number of carbonyl (C=O) groups is 3. The number of aliphatic hydroxyl groups excluding tert-OH is 1. The topological polar surface area (TPSA) is 105 Å². The number of halogens is 2. The first-order valence-corrected chi connectivity index (χ1v) is 11.8. The molecule has 0 bridgehead atoms. The van der Waals surface area contributed by atoms with Gasteiger partial charge in [-0.3, -0.25) is 4.79 Å². The van der Waals surface area contributed by atoms with Gasteiger partial charge in [0.1, 0.15) is 0 Å². The SMILES string of the molecule is CCOC(=O)[C@@H](O)[C@]1(Nc2ccc(Br)cc2C(=O)OC)C(=O)N(C(C)C)c2c(Br)cccc21. The first-order chi connectivity index (χ1) is 15.6. The van der Waals surface area contributed by atoms with E-state index in [0.29, 0.717) is 20.2 Å². The highest BCUT2D eigenvalue weighted by molar-refractivity contribution is 9.10. The van der Waals surface area contributed by atoms with E-state index in [0.717, 1.165) is 0 Å². The molecule has 3 rings (SSSR count). The number of carbonyl (C=O) groups excluding carboxylic acids is 3. The van der Waals surface area contributed by atoms with Crippen LogP contribution in [0.3, 0.4) is 0 Å². The monoisotopic (exact) mass is 582 g/mol. The zero-order valence-electron chi connectivity index (χ0n) is 18.5. The number of methoxy groups -OCH3 is 1. The Morgan fingerprint density at radius 2 is 1.91 bits per heavy atom. The molecular formula is C23H24Br2N2O6. The van der Waals surface area contributed by atoms with Gasteiger partial charge >= 0.3 is 11.9 Å². The fourth-order valence-electron chi connectivity index (χ4n) is 3.95. The van der Waals surface area contributed by atoms with Gasteiger partial charge in [-0.2, -0.15) is 0 Å². The first kappa shape index (κ1) is 25.2. The van der Waals surface area contributed by atoms with Crippen LogP contribution >= 0.6 is 31.9 Å². The number of rotatable bonds is 7. The van der Waals surface area contributed by atoms with Crippen molar-refractivity contribution in [3.8, 4) is 0 Å². The van der Waals surface area contributed by atoms with E-state index in [4.69, 9.17) is 9.47 Å². The van der Waals surface area contributed by atoms with Gasteiger partial charge < -0.3 is 24.8 Å². The van der Waals surface area contributed by atoms with Crippen molar-refractivity contribution in [3.05, 3.63) is 56.5 Å². The van der Waals surface area contributed by atoms with Gasteiger partial charge in [-0.1, -0.05) is 28.1 Å². The Labute approximate surface area is 208 Å². The smallest absolute Gasteiger partial charge is 0.340 e. The molecule has 176 valence electrons. The molecule has 1 aliphatic rings. The van der Waals surface area contributed by atoms with E-state index in [1.54, 1.807) is 37.3 Å². The molecule has 0 spiro atoms. The summed E-state index contributed by atoms with van der Waals surface area (Å²) in [5.74, 6) is -2.18. The minimum Gasteiger partial charge on any atom is -0.465 e. The Bertz CT molecular complexity index is 1110. The maximum absolute atomic E-state index is 14.0. The van der Waals surface area contributed by atoms with Crippen LogP contribution < -0.4 is 10.2 Å². The second-order valence-corrected chi connectivity index (χ2v) is 9.44. The third-order valence-corrected chi connectivity index (χ3v) is 6.50. The first-order valence-electron chi connectivity index (χ1n) is 10.2. The summed E-state index contributed by atoms with van der Waals surface area (Å²) in [6.45, 7) is 5.28. The van der Waals surface area contributed by atoms with Crippen LogP contribution in [-0.2, 0) is 24.6 Å². The molecular weight excluding hydrogens is 560 g/mol. The number of anilines is 2. The summed E-state index contributed by atoms with van der Waals surface area (Å²) >= 11 is 6.82. The summed E-state index contributed by atoms with van der Waals surface area (Å²) in [6, 6.07) is 9.61. The fourth-order valence-corrected chi connectivity index (χ4v) is 4.86. The van der Waals surface area contributed by atoms with Gasteiger partial charge in [0.05, 0.1) is 25.0 Å². The minimum atomic E-state index is -1.95. The molecule has 0 fully saturated rings. The highest BCUT2D eigenvalue weighted by atomic mass is 79.9. The van der Waals surface area contributed by atoms with Gasteiger partial charge in [0.25, 0.3) is 5.91 Å². The minimum absolute atomic E-state index is 0.0189. The van der Waals surface area contributed by atoms with Gasteiger partial charge in [-0.05, 0) is 61.0 Å². The molecule has 0 saturated carbocycles. The van der Waals surface area contributed by atoms with E-state index >= 15 is 0 Å². The van der Waals surface area contributed by atoms with Crippen molar-refractivity contribution >= 4 is 61.1 Å². The Morgan fingerprint density at radius 1 is 1.21 bits per heavy atom. The number of nitrogens with zero attached hydrogens (tertiary/aromatic N) is 1. The third kappa shape index (κ3) is 4.27. The van der Waals surface area contributed by atoms with Crippen molar-refractivity contribution in [3.63, 3.8) is 0 Å². The third-order valence-electron chi connectivity index (χ3n) is 5.36. The maximum Gasteiger partial charge on any atom is 0.340 e. The number of aliphatic hydroxyl groups is 1. The molecule has 0 aromatic heterocycles. The Balaban J connectivity index is 2.32. The second-order valence-electron chi connectivity index (χ2n) is 7.67. The molecule has 2 aromatic rings. The molecule has 0 aliphatic carbocycles. The number of para-hydroxylation sites is 1. The largest absolute Gasteiger partial charge is 0.465 e. The lowest BCUT2D eigenvalue weighted by atomic mass is 9.84. The van der Waals surface area contributed by atoms with Crippen LogP contribution in [0, 0.1) is 0 Å². The zero-order valence-corrected chi connectivity index (χ0v) is 21.7. The Kier molecular flexibility index (Phi) is 7.50. The molecule has 2 aromatic carbocycles. The van der Waals surface area contributed by atoms with E-state index in [2.05, 4.69) is 37.2 Å². The van der Waals surface area contributed by atoms with E-state index in [9.17, 15) is 19.5 Å². The second kappa shape index (κ2) is 9.82. The van der Waals surface area contributed by atoms with Crippen molar-refractivity contribution < 1.29 is 29.0 Å². The average Bonchev–Trinajstić information content (AvgIpc) is 3.04. The number of hydrogen-bond acceptors (Lipinski definition) is 7. The summed E-state index contributed by atoms with van der Waals surface area (Å²) in [5.41, 5.74) is -0.737. The van der Waals surface area contributed by atoms with Crippen LogP contribution in [0.2, 0.25) is 0 Å². The lowest BCUT2D eigenvalue weighted by Crippen LogP contribution is -2.58. The van der Waals surface area contributed by atoms with Crippen LogP contribution in [0.15, 0.2) is 45.3 Å². The summed E-state index contributed by atoms with van der Waals surface area (Å²) < 4.78 is 11.2. The fraction of sp³-hybridized carbons (Fsp3) is 0.348. The van der Waals surface area contributed by atoms with Crippen LogP contribution in [0.5, 0.6) is 0 Å². The van der Waals surface area contributed by atoms with Crippen molar-refractivity contribution in [1.82, 2.24) is 0 Å². The highest BCUT2D eigenvalue weighted by Crippen LogP contribution is 2.49. The molecule has 0 saturated heterocycles. The van der Waals surface area contributed by atoms with Crippen molar-refractivity contribution in [2.45, 2.75) is 38.5 Å². The molecule has 33 heavy (non-hydrogen) atoms. The van der Waals surface area contributed by atoms with Gasteiger partial charge in [-0.25, -0.2) is 9.59 Å². The molecule has 10 heteroatoms. The van der Waals surface area contributed by atoms with Crippen molar-refractivity contribution in [2.24, 2.45) is 0 Å².